The van der Waals surface area contributed by atoms with Crippen LogP contribution in [-0.2, 0) is 14.1 Å². The SMILES string of the molecule is COp1n(C)c(=O)n1C. The quantitative estimate of drug-likeness (QED) is 0.551. The van der Waals surface area contributed by atoms with E-state index in [1.54, 1.807) is 29.9 Å². The van der Waals surface area contributed by atoms with Crippen LogP contribution in [0, 0.1) is 0 Å². The van der Waals surface area contributed by atoms with Crippen molar-refractivity contribution in [1.82, 2.24) is 8.66 Å². The molecule has 0 aliphatic heterocycles. The average Bonchev–Trinajstić information content (AvgIpc) is 1.89. The molecule has 0 spiro atoms. The lowest BCUT2D eigenvalue weighted by molar-refractivity contribution is 0.505. The molecule has 0 fully saturated rings. The maximum absolute atomic E-state index is 10.7. The van der Waals surface area contributed by atoms with Gasteiger partial charge in [0.2, 0.25) is 0 Å². The molecular weight excluding hydrogens is 139 g/mol. The molecule has 1 rings (SSSR count). The zero-order valence-corrected chi connectivity index (χ0v) is 6.55. The van der Waals surface area contributed by atoms with Gasteiger partial charge in [0.15, 0.2) is 8.08 Å². The monoisotopic (exact) mass is 148 g/mol. The smallest absolute Gasteiger partial charge is 0.308 e. The maximum Gasteiger partial charge on any atom is 0.339 e. The van der Waals surface area contributed by atoms with Gasteiger partial charge in [0, 0.05) is 21.2 Å². The Labute approximate surface area is 53.9 Å². The van der Waals surface area contributed by atoms with E-state index in [2.05, 4.69) is 0 Å². The second-order valence-electron chi connectivity index (χ2n) is 1.77. The van der Waals surface area contributed by atoms with E-state index in [9.17, 15) is 4.79 Å². The molecule has 1 aromatic rings. The maximum atomic E-state index is 10.7. The Kier molecular flexibility index (Phi) is 1.51. The van der Waals surface area contributed by atoms with Crippen molar-refractivity contribution in [3.8, 4) is 0 Å². The standard InChI is InChI=1S/C4H9N2O2P/c1-5-4(7)6(2)9(5)8-3/h1-3H3. The van der Waals surface area contributed by atoms with Crippen LogP contribution < -0.4 is 10.2 Å². The fourth-order valence-corrected chi connectivity index (χ4v) is 2.09. The molecule has 4 nitrogen and oxygen atoms in total. The van der Waals surface area contributed by atoms with Gasteiger partial charge in [0.05, 0.1) is 0 Å². The minimum absolute atomic E-state index is 0.0305. The second kappa shape index (κ2) is 2.05. The molecule has 0 aliphatic rings. The first-order chi connectivity index (χ1) is 4.18. The highest BCUT2D eigenvalue weighted by atomic mass is 31.1. The molecule has 0 N–H and O–H groups in total. The van der Waals surface area contributed by atoms with Crippen molar-refractivity contribution in [1.29, 1.82) is 0 Å². The number of aromatic nitrogens is 2. The lowest BCUT2D eigenvalue weighted by atomic mass is 11.1. The predicted octanol–water partition coefficient (Wildman–Crippen LogP) is -0.231. The number of hydrogen-bond acceptors (Lipinski definition) is 2. The first-order valence-electron chi connectivity index (χ1n) is 2.54. The number of rotatable bonds is 1. The van der Waals surface area contributed by atoms with Gasteiger partial charge in [-0.05, 0) is 0 Å². The van der Waals surface area contributed by atoms with E-state index in [1.807, 2.05) is 0 Å². The van der Waals surface area contributed by atoms with Crippen molar-refractivity contribution in [2.75, 3.05) is 7.11 Å². The van der Waals surface area contributed by atoms with E-state index >= 15 is 0 Å². The summed E-state index contributed by atoms with van der Waals surface area (Å²) in [6.45, 7) is 0. The van der Waals surface area contributed by atoms with Crippen molar-refractivity contribution in [2.24, 2.45) is 14.1 Å². The molecule has 0 saturated heterocycles. The van der Waals surface area contributed by atoms with Crippen molar-refractivity contribution in [2.45, 2.75) is 0 Å². The van der Waals surface area contributed by atoms with Gasteiger partial charge in [-0.15, -0.1) is 0 Å². The Morgan fingerprint density at radius 1 is 1.44 bits per heavy atom. The molecule has 9 heavy (non-hydrogen) atoms. The summed E-state index contributed by atoms with van der Waals surface area (Å²) in [5.74, 6) is 0. The number of hydrogen-bond donors (Lipinski definition) is 0. The molecule has 0 amide bonds. The normalized spacial score (nSPS) is 10.6. The van der Waals surface area contributed by atoms with Crippen LogP contribution in [0.4, 0.5) is 0 Å². The molecule has 0 atom stereocenters. The highest BCUT2D eigenvalue weighted by Gasteiger charge is 2.08. The lowest BCUT2D eigenvalue weighted by Crippen LogP contribution is -2.33. The van der Waals surface area contributed by atoms with Gasteiger partial charge >= 0.3 is 5.69 Å². The topological polar surface area (TPSA) is 36.2 Å². The van der Waals surface area contributed by atoms with Gasteiger partial charge < -0.3 is 4.52 Å². The van der Waals surface area contributed by atoms with Crippen molar-refractivity contribution in [3.63, 3.8) is 0 Å². The summed E-state index contributed by atoms with van der Waals surface area (Å²) in [5, 5.41) is 0. The molecule has 52 valence electrons. The lowest BCUT2D eigenvalue weighted by Gasteiger charge is -2.14. The number of nitrogens with zero attached hydrogens (tertiary/aromatic N) is 2. The van der Waals surface area contributed by atoms with E-state index in [0.717, 1.165) is 0 Å². The molecule has 0 unspecified atom stereocenters. The Morgan fingerprint density at radius 3 is 2.11 bits per heavy atom. The first-order valence-corrected chi connectivity index (χ1v) is 3.70. The van der Waals surface area contributed by atoms with Crippen molar-refractivity contribution >= 4 is 8.08 Å². The molecule has 0 bridgehead atoms. The fourth-order valence-electron chi connectivity index (χ4n) is 0.764. The molecule has 0 aliphatic carbocycles. The zero-order chi connectivity index (χ0) is 7.02. The third kappa shape index (κ3) is 0.749. The van der Waals surface area contributed by atoms with Gasteiger partial charge in [0.1, 0.15) is 0 Å². The van der Waals surface area contributed by atoms with Crippen molar-refractivity contribution in [3.05, 3.63) is 10.5 Å². The largest absolute Gasteiger partial charge is 0.339 e. The summed E-state index contributed by atoms with van der Waals surface area (Å²) in [4.78, 5) is 10.7. The van der Waals surface area contributed by atoms with Crippen LogP contribution in [0.1, 0.15) is 0 Å². The minimum atomic E-state index is -0.740. The van der Waals surface area contributed by atoms with E-state index in [-0.39, 0.29) is 5.69 Å². The predicted molar refractivity (Wildman–Crippen MR) is 35.9 cm³/mol. The molecule has 0 radical (unpaired) electrons. The summed E-state index contributed by atoms with van der Waals surface area (Å²) >= 11 is 0. The van der Waals surface area contributed by atoms with Gasteiger partial charge in [-0.2, -0.15) is 0 Å². The van der Waals surface area contributed by atoms with E-state index in [0.29, 0.717) is 0 Å². The average molecular weight is 148 g/mol. The van der Waals surface area contributed by atoms with E-state index in [1.165, 1.54) is 0 Å². The Balaban J connectivity index is 3.09. The summed E-state index contributed by atoms with van der Waals surface area (Å²) < 4.78 is 8.16. The fraction of sp³-hybridized carbons (Fsp3) is 0.750. The molecule has 0 saturated carbocycles. The zero-order valence-electron chi connectivity index (χ0n) is 5.66. The van der Waals surface area contributed by atoms with Gasteiger partial charge in [-0.25, -0.2) is 4.79 Å². The van der Waals surface area contributed by atoms with Crippen LogP contribution in [-0.4, -0.2) is 15.8 Å². The van der Waals surface area contributed by atoms with Crippen LogP contribution >= 0.6 is 8.08 Å². The van der Waals surface area contributed by atoms with Crippen molar-refractivity contribution < 1.29 is 4.52 Å². The van der Waals surface area contributed by atoms with E-state index in [4.69, 9.17) is 4.52 Å². The third-order valence-electron chi connectivity index (χ3n) is 1.23. The van der Waals surface area contributed by atoms with Crippen LogP contribution in [0.15, 0.2) is 4.79 Å². The van der Waals surface area contributed by atoms with Crippen LogP contribution in [0.2, 0.25) is 0 Å². The highest BCUT2D eigenvalue weighted by molar-refractivity contribution is 7.37. The van der Waals surface area contributed by atoms with Gasteiger partial charge in [0.25, 0.3) is 0 Å². The second-order valence-corrected chi connectivity index (χ2v) is 3.84. The van der Waals surface area contributed by atoms with Gasteiger partial charge in [-0.1, -0.05) is 0 Å². The van der Waals surface area contributed by atoms with E-state index < -0.39 is 8.08 Å². The van der Waals surface area contributed by atoms with Crippen LogP contribution in [0.5, 0.6) is 0 Å². The summed E-state index contributed by atoms with van der Waals surface area (Å²) in [5.41, 5.74) is 0.0305. The molecular formula is C4H9N2O2P. The highest BCUT2D eigenvalue weighted by Crippen LogP contribution is 2.17. The first kappa shape index (κ1) is 6.65. The Bertz CT molecular complexity index is 235. The molecule has 5 heteroatoms. The minimum Gasteiger partial charge on any atom is -0.308 e. The van der Waals surface area contributed by atoms with Crippen LogP contribution in [0.25, 0.3) is 0 Å². The van der Waals surface area contributed by atoms with Gasteiger partial charge in [-0.3, -0.25) is 8.66 Å². The summed E-state index contributed by atoms with van der Waals surface area (Å²) in [6.07, 6.45) is 0. The Morgan fingerprint density at radius 2 is 1.89 bits per heavy atom. The molecule has 1 heterocycles. The summed E-state index contributed by atoms with van der Waals surface area (Å²) in [6, 6.07) is 0. The van der Waals surface area contributed by atoms with Crippen LogP contribution in [0.3, 0.4) is 0 Å². The summed E-state index contributed by atoms with van der Waals surface area (Å²) in [7, 11) is 4.33. The molecule has 0 aromatic carbocycles. The Hall–Kier alpha value is -0.470. The third-order valence-corrected chi connectivity index (χ3v) is 2.93. The molecule has 1 aromatic heterocycles.